The van der Waals surface area contributed by atoms with Crippen molar-refractivity contribution in [1.82, 2.24) is 0 Å². The van der Waals surface area contributed by atoms with Gasteiger partial charge in [0.2, 0.25) is 0 Å². The number of rotatable bonds is 2. The van der Waals surface area contributed by atoms with Gasteiger partial charge in [0, 0.05) is 6.08 Å². The van der Waals surface area contributed by atoms with Crippen molar-refractivity contribution in [3.05, 3.63) is 11.6 Å². The van der Waals surface area contributed by atoms with Gasteiger partial charge in [-0.3, -0.25) is 0 Å². The third kappa shape index (κ3) is 3.76. The van der Waals surface area contributed by atoms with Crippen LogP contribution in [0.2, 0.25) is 0 Å². The molecule has 2 nitrogen and oxygen atoms in total. The van der Waals surface area contributed by atoms with E-state index < -0.39 is 5.97 Å². The van der Waals surface area contributed by atoms with Gasteiger partial charge in [-0.05, 0) is 12.8 Å². The first-order chi connectivity index (χ1) is 4.04. The van der Waals surface area contributed by atoms with Crippen LogP contribution in [0.25, 0.3) is 0 Å². The smallest absolute Gasteiger partial charge is 0.242 e. The second-order valence-electron chi connectivity index (χ2n) is 2.36. The Morgan fingerprint density at radius 1 is 1.44 bits per heavy atom. The van der Waals surface area contributed by atoms with Crippen LogP contribution in [0.3, 0.4) is 0 Å². The Hall–Kier alpha value is -0.790. The molecule has 0 heterocycles. The Labute approximate surface area is 55.2 Å². The van der Waals surface area contributed by atoms with E-state index in [1.165, 1.54) is 0 Å². The van der Waals surface area contributed by atoms with Crippen LogP contribution in [-0.2, 0) is 9.90 Å². The molecule has 0 rings (SSSR count). The molecule has 0 aromatic carbocycles. The van der Waals surface area contributed by atoms with Crippen LogP contribution in [0.4, 0.5) is 0 Å². The van der Waals surface area contributed by atoms with Gasteiger partial charge in [0.05, 0.1) is 0 Å². The van der Waals surface area contributed by atoms with Crippen molar-refractivity contribution in [3.8, 4) is 0 Å². The topological polar surface area (TPSA) is 37.0 Å². The van der Waals surface area contributed by atoms with E-state index in [-0.39, 0.29) is 0 Å². The maximum absolute atomic E-state index is 9.93. The Morgan fingerprint density at radius 2 is 1.89 bits per heavy atom. The highest BCUT2D eigenvalue weighted by Crippen LogP contribution is 2.06. The lowest BCUT2D eigenvalue weighted by Crippen LogP contribution is -1.93. The van der Waals surface area contributed by atoms with E-state index in [0.717, 1.165) is 11.6 Å². The first kappa shape index (κ1) is 8.21. The largest absolute Gasteiger partial charge is 0.379 e. The van der Waals surface area contributed by atoms with Crippen LogP contribution < -0.4 is 0 Å². The second kappa shape index (κ2) is 3.28. The minimum Gasteiger partial charge on any atom is -0.242 e. The maximum atomic E-state index is 9.93. The molecule has 0 fully saturated rings. The Bertz CT molecular complexity index is 134. The normalized spacial score (nSPS) is 12.2. The monoisotopic (exact) mass is 127 g/mol. The van der Waals surface area contributed by atoms with Crippen LogP contribution in [0.15, 0.2) is 11.6 Å². The summed E-state index contributed by atoms with van der Waals surface area (Å²) in [5, 5.41) is 9.93. The van der Waals surface area contributed by atoms with Gasteiger partial charge in [0.1, 0.15) is 0 Å². The highest BCUT2D eigenvalue weighted by molar-refractivity contribution is 5.80. The first-order valence-corrected chi connectivity index (χ1v) is 2.93. The van der Waals surface area contributed by atoms with Crippen molar-refractivity contribution >= 4 is 5.97 Å². The van der Waals surface area contributed by atoms with E-state index in [1.54, 1.807) is 6.92 Å². The molecule has 0 saturated heterocycles. The fourth-order valence-corrected chi connectivity index (χ4v) is 0.353. The molecule has 0 spiro atoms. The molecule has 0 N–H and O–H groups in total. The summed E-state index contributed by atoms with van der Waals surface area (Å²) in [7, 11) is 0. The summed E-state index contributed by atoms with van der Waals surface area (Å²) in [4.78, 5) is 9.93. The molecule has 0 amide bonds. The summed E-state index contributed by atoms with van der Waals surface area (Å²) in [5.74, 6) is -0.816. The highest BCUT2D eigenvalue weighted by atomic mass is 16.4. The molecule has 0 bridgehead atoms. The molecular formula is C7H11O2. The average molecular weight is 127 g/mol. The third-order valence-electron chi connectivity index (χ3n) is 1.26. The number of allylic oxidation sites excluding steroid dienone is 1. The van der Waals surface area contributed by atoms with Crippen LogP contribution >= 0.6 is 0 Å². The van der Waals surface area contributed by atoms with Gasteiger partial charge in [-0.25, -0.2) is 9.90 Å². The molecule has 9 heavy (non-hydrogen) atoms. The van der Waals surface area contributed by atoms with Gasteiger partial charge in [0.25, 0.3) is 0 Å². The van der Waals surface area contributed by atoms with Crippen LogP contribution in [0.1, 0.15) is 20.8 Å². The molecule has 0 aliphatic carbocycles. The quantitative estimate of drug-likeness (QED) is 0.518. The average Bonchev–Trinajstić information content (AvgIpc) is 1.63. The van der Waals surface area contributed by atoms with Crippen molar-refractivity contribution in [2.24, 2.45) is 5.92 Å². The summed E-state index contributed by atoms with van der Waals surface area (Å²) in [6, 6.07) is 0. The maximum Gasteiger partial charge on any atom is 0.379 e. The van der Waals surface area contributed by atoms with Crippen LogP contribution in [0.5, 0.6) is 0 Å². The molecular weight excluding hydrogens is 116 g/mol. The summed E-state index contributed by atoms with van der Waals surface area (Å²) in [5.41, 5.74) is 0.843. The Morgan fingerprint density at radius 3 is 2.00 bits per heavy atom. The van der Waals surface area contributed by atoms with Gasteiger partial charge < -0.3 is 0 Å². The number of hydrogen-bond donors (Lipinski definition) is 0. The first-order valence-electron chi connectivity index (χ1n) is 2.93. The fourth-order valence-electron chi connectivity index (χ4n) is 0.353. The summed E-state index contributed by atoms with van der Waals surface area (Å²) >= 11 is 0. The Kier molecular flexibility index (Phi) is 2.99. The molecule has 2 heteroatoms. The SMILES string of the molecule is CC(=CC([O])=O)C(C)C. The highest BCUT2D eigenvalue weighted by Gasteiger charge is 1.98. The minimum absolute atomic E-state index is 0.294. The number of carbonyl (C=O) groups excluding carboxylic acids is 1. The van der Waals surface area contributed by atoms with Crippen molar-refractivity contribution in [2.45, 2.75) is 20.8 Å². The van der Waals surface area contributed by atoms with Crippen molar-refractivity contribution < 1.29 is 9.90 Å². The molecule has 0 aromatic heterocycles. The van der Waals surface area contributed by atoms with Crippen LogP contribution in [-0.4, -0.2) is 5.97 Å². The van der Waals surface area contributed by atoms with E-state index in [9.17, 15) is 9.90 Å². The number of hydrogen-bond acceptors (Lipinski definition) is 1. The second-order valence-corrected chi connectivity index (χ2v) is 2.36. The lowest BCUT2D eigenvalue weighted by molar-refractivity contribution is -0.137. The van der Waals surface area contributed by atoms with E-state index in [2.05, 4.69) is 0 Å². The van der Waals surface area contributed by atoms with Gasteiger partial charge in [-0.1, -0.05) is 19.4 Å². The predicted molar refractivity (Wildman–Crippen MR) is 34.3 cm³/mol. The third-order valence-corrected chi connectivity index (χ3v) is 1.26. The lowest BCUT2D eigenvalue weighted by Gasteiger charge is -2.00. The minimum atomic E-state index is -1.11. The molecule has 0 atom stereocenters. The van der Waals surface area contributed by atoms with E-state index >= 15 is 0 Å². The van der Waals surface area contributed by atoms with Crippen molar-refractivity contribution in [2.75, 3.05) is 0 Å². The predicted octanol–water partition coefficient (Wildman–Crippen LogP) is 1.55. The molecule has 0 aromatic rings. The van der Waals surface area contributed by atoms with E-state index in [4.69, 9.17) is 0 Å². The zero-order valence-corrected chi connectivity index (χ0v) is 5.97. The number of carbonyl (C=O) groups is 1. The molecule has 1 radical (unpaired) electrons. The molecule has 0 aliphatic heterocycles. The van der Waals surface area contributed by atoms with Crippen molar-refractivity contribution in [1.29, 1.82) is 0 Å². The van der Waals surface area contributed by atoms with Crippen LogP contribution in [0, 0.1) is 5.92 Å². The summed E-state index contributed by atoms with van der Waals surface area (Å²) < 4.78 is 0. The van der Waals surface area contributed by atoms with E-state index in [0.29, 0.717) is 5.92 Å². The van der Waals surface area contributed by atoms with Gasteiger partial charge >= 0.3 is 5.97 Å². The van der Waals surface area contributed by atoms with Gasteiger partial charge in [-0.15, -0.1) is 0 Å². The lowest BCUT2D eigenvalue weighted by atomic mass is 10.1. The fraction of sp³-hybridized carbons (Fsp3) is 0.571. The Balaban J connectivity index is 4.00. The van der Waals surface area contributed by atoms with E-state index in [1.807, 2.05) is 13.8 Å². The zero-order valence-electron chi connectivity index (χ0n) is 5.97. The zero-order chi connectivity index (χ0) is 7.44. The van der Waals surface area contributed by atoms with Gasteiger partial charge in [-0.2, -0.15) is 0 Å². The molecule has 0 aliphatic rings. The molecule has 0 unspecified atom stereocenters. The molecule has 0 saturated carbocycles. The summed E-state index contributed by atoms with van der Waals surface area (Å²) in [6.07, 6.45) is 1.13. The molecule has 51 valence electrons. The summed E-state index contributed by atoms with van der Waals surface area (Å²) in [6.45, 7) is 5.66. The standard InChI is InChI=1S/C7H11O2/c1-5(2)6(3)4-7(8)9/h4-5H,1-3H3. The van der Waals surface area contributed by atoms with Gasteiger partial charge in [0.15, 0.2) is 0 Å². The van der Waals surface area contributed by atoms with Crippen molar-refractivity contribution in [3.63, 3.8) is 0 Å².